The first kappa shape index (κ1) is 19.6. The van der Waals surface area contributed by atoms with E-state index < -0.39 is 17.4 Å². The smallest absolute Gasteiger partial charge is 0.308 e. The minimum Gasteiger partial charge on any atom is -0.425 e. The average molecular weight is 399 g/mol. The van der Waals surface area contributed by atoms with E-state index >= 15 is 0 Å². The maximum absolute atomic E-state index is 13.0. The number of aromatic nitrogens is 1. The Morgan fingerprint density at radius 2 is 1.89 bits per heavy atom. The van der Waals surface area contributed by atoms with Crippen LogP contribution in [0.3, 0.4) is 0 Å². The van der Waals surface area contributed by atoms with Gasteiger partial charge in [0, 0.05) is 12.6 Å². The molecule has 0 unspecified atom stereocenters. The lowest BCUT2D eigenvalue weighted by atomic mass is 10.1. The van der Waals surface area contributed by atoms with Crippen LogP contribution in [-0.2, 0) is 11.2 Å². The second kappa shape index (κ2) is 7.86. The van der Waals surface area contributed by atoms with E-state index in [0.29, 0.717) is 23.0 Å². The van der Waals surface area contributed by atoms with E-state index in [9.17, 15) is 14.4 Å². The van der Waals surface area contributed by atoms with Crippen LogP contribution >= 0.6 is 11.6 Å². The maximum Gasteiger partial charge on any atom is 0.308 e. The minimum absolute atomic E-state index is 0.147. The lowest BCUT2D eigenvalue weighted by Crippen LogP contribution is -2.26. The van der Waals surface area contributed by atoms with Crippen LogP contribution in [0.1, 0.15) is 35.3 Å². The maximum atomic E-state index is 13.0. The van der Waals surface area contributed by atoms with Crippen LogP contribution in [-0.4, -0.2) is 16.9 Å². The number of para-hydroxylation sites is 1. The van der Waals surface area contributed by atoms with Crippen molar-refractivity contribution in [1.82, 2.24) is 4.98 Å². The number of anilines is 1. The van der Waals surface area contributed by atoms with Crippen molar-refractivity contribution in [3.8, 4) is 5.75 Å². The molecule has 2 N–H and O–H groups in total. The predicted molar refractivity (Wildman–Crippen MR) is 109 cm³/mol. The summed E-state index contributed by atoms with van der Waals surface area (Å²) in [5.41, 5.74) is 1.67. The highest BCUT2D eigenvalue weighted by atomic mass is 35.5. The van der Waals surface area contributed by atoms with Crippen molar-refractivity contribution in [2.75, 3.05) is 5.32 Å². The van der Waals surface area contributed by atoms with Gasteiger partial charge in [-0.05, 0) is 36.6 Å². The van der Waals surface area contributed by atoms with Gasteiger partial charge in [0.05, 0.1) is 15.9 Å². The third-order valence-corrected chi connectivity index (χ3v) is 4.72. The van der Waals surface area contributed by atoms with E-state index in [0.717, 1.165) is 11.1 Å². The number of amides is 1. The van der Waals surface area contributed by atoms with E-state index in [1.165, 1.54) is 6.92 Å². The second-order valence-electron chi connectivity index (χ2n) is 6.33. The van der Waals surface area contributed by atoms with Gasteiger partial charge in [-0.25, -0.2) is 0 Å². The van der Waals surface area contributed by atoms with Crippen LogP contribution in [0.2, 0.25) is 5.02 Å². The molecule has 144 valence electrons. The molecule has 0 aliphatic heterocycles. The molecule has 0 spiro atoms. The van der Waals surface area contributed by atoms with E-state index in [1.807, 2.05) is 19.1 Å². The number of H-pyrrole nitrogens is 1. The van der Waals surface area contributed by atoms with Crippen molar-refractivity contribution in [3.05, 3.63) is 68.5 Å². The molecule has 28 heavy (non-hydrogen) atoms. The molecule has 0 bridgehead atoms. The predicted octanol–water partition coefficient (Wildman–Crippen LogP) is 4.23. The quantitative estimate of drug-likeness (QED) is 0.643. The molecule has 0 aliphatic rings. The zero-order chi connectivity index (χ0) is 20.4. The molecule has 1 heterocycles. The van der Waals surface area contributed by atoms with Gasteiger partial charge in [0.25, 0.3) is 11.5 Å². The average Bonchev–Trinajstić information content (AvgIpc) is 2.64. The SMILES string of the molecule is CCc1ccccc1NC(=O)c1c(OC(C)=O)c2c(Cl)ccc(C)c2[nH]c1=O. The standard InChI is InChI=1S/C21H19ClN2O4/c1-4-13-7-5-6-8-15(13)23-20(26)17-19(28-12(3)25)16-14(22)10-9-11(2)18(16)24-21(17)27/h5-10H,4H2,1-3H3,(H,23,26)(H,24,27). The number of hydrogen-bond acceptors (Lipinski definition) is 4. The van der Waals surface area contributed by atoms with Crippen LogP contribution in [0, 0.1) is 6.92 Å². The highest BCUT2D eigenvalue weighted by Crippen LogP contribution is 2.34. The number of nitrogens with one attached hydrogen (secondary N) is 2. The lowest BCUT2D eigenvalue weighted by Gasteiger charge is -2.15. The normalized spacial score (nSPS) is 10.7. The zero-order valence-electron chi connectivity index (χ0n) is 15.7. The molecule has 1 amide bonds. The Balaban J connectivity index is 2.23. The van der Waals surface area contributed by atoms with Crippen LogP contribution in [0.15, 0.2) is 41.2 Å². The van der Waals surface area contributed by atoms with E-state index in [-0.39, 0.29) is 16.3 Å². The van der Waals surface area contributed by atoms with Crippen molar-refractivity contribution in [1.29, 1.82) is 0 Å². The van der Waals surface area contributed by atoms with Gasteiger partial charge in [-0.1, -0.05) is 42.8 Å². The third kappa shape index (κ3) is 3.64. The van der Waals surface area contributed by atoms with E-state index in [2.05, 4.69) is 10.3 Å². The minimum atomic E-state index is -0.683. The first-order valence-corrected chi connectivity index (χ1v) is 9.14. The van der Waals surface area contributed by atoms with Gasteiger partial charge in [-0.3, -0.25) is 14.4 Å². The number of pyridine rings is 1. The number of carbonyl (C=O) groups is 2. The monoisotopic (exact) mass is 398 g/mol. The Morgan fingerprint density at radius 3 is 2.57 bits per heavy atom. The van der Waals surface area contributed by atoms with Gasteiger partial charge in [0.1, 0.15) is 5.56 Å². The summed E-state index contributed by atoms with van der Waals surface area (Å²) >= 11 is 6.31. The summed E-state index contributed by atoms with van der Waals surface area (Å²) < 4.78 is 5.29. The Kier molecular flexibility index (Phi) is 5.51. The number of rotatable bonds is 4. The number of halogens is 1. The summed E-state index contributed by atoms with van der Waals surface area (Å²) in [5, 5.41) is 3.31. The largest absolute Gasteiger partial charge is 0.425 e. The number of esters is 1. The topological polar surface area (TPSA) is 88.3 Å². The molecule has 0 radical (unpaired) electrons. The van der Waals surface area contributed by atoms with Crippen molar-refractivity contribution in [2.45, 2.75) is 27.2 Å². The number of ether oxygens (including phenoxy) is 1. The van der Waals surface area contributed by atoms with Gasteiger partial charge in [0.2, 0.25) is 0 Å². The Hall–Kier alpha value is -3.12. The molecular formula is C21H19ClN2O4. The van der Waals surface area contributed by atoms with Crippen LogP contribution in [0.25, 0.3) is 10.9 Å². The first-order valence-electron chi connectivity index (χ1n) is 8.76. The molecule has 0 saturated carbocycles. The van der Waals surface area contributed by atoms with Crippen molar-refractivity contribution < 1.29 is 14.3 Å². The van der Waals surface area contributed by atoms with Crippen molar-refractivity contribution in [2.24, 2.45) is 0 Å². The van der Waals surface area contributed by atoms with E-state index in [4.69, 9.17) is 16.3 Å². The van der Waals surface area contributed by atoms with Gasteiger partial charge < -0.3 is 15.0 Å². The highest BCUT2D eigenvalue weighted by molar-refractivity contribution is 6.36. The van der Waals surface area contributed by atoms with Crippen LogP contribution < -0.4 is 15.6 Å². The summed E-state index contributed by atoms with van der Waals surface area (Å²) in [7, 11) is 0. The molecule has 0 aliphatic carbocycles. The number of hydrogen-bond donors (Lipinski definition) is 2. The van der Waals surface area contributed by atoms with Gasteiger partial charge >= 0.3 is 5.97 Å². The van der Waals surface area contributed by atoms with Gasteiger partial charge in [-0.15, -0.1) is 0 Å². The number of fused-ring (bicyclic) bond motifs is 1. The summed E-state index contributed by atoms with van der Waals surface area (Å²) in [5.74, 6) is -1.49. The Bertz CT molecular complexity index is 1150. The Labute approximate surface area is 166 Å². The fourth-order valence-corrected chi connectivity index (χ4v) is 3.30. The third-order valence-electron chi connectivity index (χ3n) is 4.40. The fourth-order valence-electron chi connectivity index (χ4n) is 3.06. The van der Waals surface area contributed by atoms with Crippen molar-refractivity contribution >= 4 is 40.1 Å². The molecular weight excluding hydrogens is 380 g/mol. The molecule has 6 nitrogen and oxygen atoms in total. The molecule has 1 aromatic heterocycles. The first-order chi connectivity index (χ1) is 13.3. The van der Waals surface area contributed by atoms with E-state index in [1.54, 1.807) is 31.2 Å². The van der Waals surface area contributed by atoms with Gasteiger partial charge in [-0.2, -0.15) is 0 Å². The molecule has 0 fully saturated rings. The number of carbonyl (C=O) groups excluding carboxylic acids is 2. The second-order valence-corrected chi connectivity index (χ2v) is 6.74. The molecule has 3 rings (SSSR count). The zero-order valence-corrected chi connectivity index (χ0v) is 16.4. The molecule has 0 atom stereocenters. The summed E-state index contributed by atoms with van der Waals surface area (Å²) in [6.45, 7) is 4.94. The molecule has 7 heteroatoms. The Morgan fingerprint density at radius 1 is 1.18 bits per heavy atom. The summed E-state index contributed by atoms with van der Waals surface area (Å²) in [6, 6.07) is 10.6. The lowest BCUT2D eigenvalue weighted by molar-refractivity contribution is -0.131. The summed E-state index contributed by atoms with van der Waals surface area (Å²) in [6.07, 6.45) is 0.701. The highest BCUT2D eigenvalue weighted by Gasteiger charge is 2.25. The molecule has 0 saturated heterocycles. The summed E-state index contributed by atoms with van der Waals surface area (Å²) in [4.78, 5) is 40.1. The molecule has 3 aromatic rings. The molecule has 2 aromatic carbocycles. The number of aromatic amines is 1. The van der Waals surface area contributed by atoms with Crippen LogP contribution in [0.5, 0.6) is 5.75 Å². The number of aryl methyl sites for hydroxylation is 2. The van der Waals surface area contributed by atoms with Crippen LogP contribution in [0.4, 0.5) is 5.69 Å². The number of benzene rings is 2. The van der Waals surface area contributed by atoms with Gasteiger partial charge in [0.15, 0.2) is 5.75 Å². The van der Waals surface area contributed by atoms with Crippen molar-refractivity contribution in [3.63, 3.8) is 0 Å². The fraction of sp³-hybridized carbons (Fsp3) is 0.190.